The van der Waals surface area contributed by atoms with E-state index in [0.717, 1.165) is 44.4 Å². The highest BCUT2D eigenvalue weighted by Gasteiger charge is 2.34. The maximum atomic E-state index is 5.52. The van der Waals surface area contributed by atoms with E-state index in [1.807, 2.05) is 7.05 Å². The van der Waals surface area contributed by atoms with E-state index in [1.165, 1.54) is 37.7 Å². The molecule has 1 aromatic rings. The van der Waals surface area contributed by atoms with Gasteiger partial charge in [-0.25, -0.2) is 0 Å². The van der Waals surface area contributed by atoms with E-state index < -0.39 is 0 Å². The summed E-state index contributed by atoms with van der Waals surface area (Å²) in [4.78, 5) is 6.79. The molecule has 0 aromatic heterocycles. The van der Waals surface area contributed by atoms with Crippen molar-refractivity contribution < 1.29 is 9.47 Å². The van der Waals surface area contributed by atoms with Gasteiger partial charge in [0.15, 0.2) is 5.96 Å². The number of halogens is 1. The Morgan fingerprint density at radius 1 is 1.25 bits per heavy atom. The van der Waals surface area contributed by atoms with Crippen LogP contribution in [0, 0.1) is 5.92 Å². The van der Waals surface area contributed by atoms with Crippen LogP contribution in [0.2, 0.25) is 0 Å². The monoisotopic (exact) mass is 501 g/mol. The number of nitrogens with zero attached hydrogens (tertiary/aromatic N) is 2. The number of aliphatic imine (C=N–C) groups is 1. The van der Waals surface area contributed by atoms with Gasteiger partial charge in [0.05, 0.1) is 13.7 Å². The zero-order valence-corrected chi connectivity index (χ0v) is 19.9. The molecule has 1 saturated heterocycles. The molecule has 6 heteroatoms. The van der Waals surface area contributed by atoms with Crippen LogP contribution in [0.4, 0.5) is 0 Å². The molecule has 1 saturated carbocycles. The minimum Gasteiger partial charge on any atom is -0.497 e. The number of nitrogens with one attached hydrogen (secondary N) is 1. The van der Waals surface area contributed by atoms with Gasteiger partial charge in [0, 0.05) is 45.1 Å². The first-order valence-electron chi connectivity index (χ1n) is 10.3. The summed E-state index contributed by atoms with van der Waals surface area (Å²) in [5, 5.41) is 3.68. The number of ether oxygens (including phenoxy) is 2. The van der Waals surface area contributed by atoms with Gasteiger partial charge in [-0.3, -0.25) is 4.99 Å². The Kier molecular flexibility index (Phi) is 9.34. The molecule has 1 aromatic carbocycles. The summed E-state index contributed by atoms with van der Waals surface area (Å²) in [5.74, 6) is 2.52. The predicted octanol–water partition coefficient (Wildman–Crippen LogP) is 4.06. The van der Waals surface area contributed by atoms with Gasteiger partial charge in [0.2, 0.25) is 0 Å². The molecule has 1 aliphatic heterocycles. The van der Waals surface area contributed by atoms with Gasteiger partial charge < -0.3 is 19.7 Å². The summed E-state index contributed by atoms with van der Waals surface area (Å²) in [6.45, 7) is 3.69. The van der Waals surface area contributed by atoms with Crippen LogP contribution in [0.5, 0.6) is 5.75 Å². The van der Waals surface area contributed by atoms with Crippen LogP contribution in [0.15, 0.2) is 29.3 Å². The SMILES string of the molecule is CN=C(NCC1(c2ccc(OC)cc2)CCCCC1)N(C)CC1CCOC1.I. The molecule has 1 heterocycles. The van der Waals surface area contributed by atoms with Crippen LogP contribution in [-0.2, 0) is 10.2 Å². The van der Waals surface area contributed by atoms with Gasteiger partial charge >= 0.3 is 0 Å². The normalized spacial score (nSPS) is 21.7. The molecule has 5 nitrogen and oxygen atoms in total. The van der Waals surface area contributed by atoms with E-state index in [-0.39, 0.29) is 29.4 Å². The summed E-state index contributed by atoms with van der Waals surface area (Å²) in [6, 6.07) is 8.67. The Balaban J connectivity index is 0.00000280. The van der Waals surface area contributed by atoms with E-state index >= 15 is 0 Å². The van der Waals surface area contributed by atoms with Gasteiger partial charge in [-0.05, 0) is 37.0 Å². The zero-order valence-electron chi connectivity index (χ0n) is 17.6. The third-order valence-corrected chi connectivity index (χ3v) is 6.23. The molecule has 28 heavy (non-hydrogen) atoms. The molecule has 1 atom stereocenters. The highest BCUT2D eigenvalue weighted by Crippen LogP contribution is 2.39. The molecule has 0 spiro atoms. The van der Waals surface area contributed by atoms with E-state index in [9.17, 15) is 0 Å². The molecule has 2 fully saturated rings. The highest BCUT2D eigenvalue weighted by molar-refractivity contribution is 14.0. The second-order valence-electron chi connectivity index (χ2n) is 8.08. The lowest BCUT2D eigenvalue weighted by Gasteiger charge is -2.39. The molecule has 3 rings (SSSR count). The van der Waals surface area contributed by atoms with Crippen LogP contribution in [0.3, 0.4) is 0 Å². The van der Waals surface area contributed by atoms with Gasteiger partial charge in [-0.15, -0.1) is 24.0 Å². The lowest BCUT2D eigenvalue weighted by atomic mass is 9.69. The van der Waals surface area contributed by atoms with Crippen molar-refractivity contribution in [2.75, 3.05) is 47.5 Å². The lowest BCUT2D eigenvalue weighted by molar-refractivity contribution is 0.181. The first kappa shape index (κ1) is 23.3. The fourth-order valence-electron chi connectivity index (χ4n) is 4.57. The van der Waals surface area contributed by atoms with Crippen molar-refractivity contribution in [3.8, 4) is 5.75 Å². The molecule has 1 N–H and O–H groups in total. The largest absolute Gasteiger partial charge is 0.497 e. The maximum absolute atomic E-state index is 5.52. The first-order valence-corrected chi connectivity index (χ1v) is 10.3. The first-order chi connectivity index (χ1) is 13.2. The number of hydrogen-bond acceptors (Lipinski definition) is 3. The molecule has 1 unspecified atom stereocenters. The number of rotatable bonds is 6. The fourth-order valence-corrected chi connectivity index (χ4v) is 4.57. The standard InChI is InChI=1S/C22H35N3O2.HI/c1-23-21(25(2)15-18-11-14-27-16-18)24-17-22(12-5-4-6-13-22)19-7-9-20(26-3)10-8-19;/h7-10,18H,4-6,11-17H2,1-3H3,(H,23,24);1H. The van der Waals surface area contributed by atoms with Crippen molar-refractivity contribution in [3.63, 3.8) is 0 Å². The topological polar surface area (TPSA) is 46.1 Å². The fraction of sp³-hybridized carbons (Fsp3) is 0.682. The Morgan fingerprint density at radius 3 is 2.54 bits per heavy atom. The van der Waals surface area contributed by atoms with Crippen LogP contribution >= 0.6 is 24.0 Å². The van der Waals surface area contributed by atoms with Crippen molar-refractivity contribution in [1.82, 2.24) is 10.2 Å². The van der Waals surface area contributed by atoms with Crippen LogP contribution in [0.1, 0.15) is 44.1 Å². The number of benzene rings is 1. The number of methoxy groups -OCH3 is 1. The summed E-state index contributed by atoms with van der Waals surface area (Å²) in [5.41, 5.74) is 1.59. The van der Waals surface area contributed by atoms with Gasteiger partial charge in [-0.2, -0.15) is 0 Å². The van der Waals surface area contributed by atoms with Crippen molar-refractivity contribution in [3.05, 3.63) is 29.8 Å². The predicted molar refractivity (Wildman–Crippen MR) is 126 cm³/mol. The maximum Gasteiger partial charge on any atom is 0.193 e. The summed E-state index contributed by atoms with van der Waals surface area (Å²) >= 11 is 0. The van der Waals surface area contributed by atoms with Gasteiger partial charge in [0.1, 0.15) is 5.75 Å². The summed E-state index contributed by atoms with van der Waals surface area (Å²) < 4.78 is 10.9. The smallest absolute Gasteiger partial charge is 0.193 e. The van der Waals surface area contributed by atoms with Crippen molar-refractivity contribution >= 4 is 29.9 Å². The van der Waals surface area contributed by atoms with Gasteiger partial charge in [0.25, 0.3) is 0 Å². The molecule has 0 amide bonds. The minimum absolute atomic E-state index is 0. The third kappa shape index (κ3) is 5.75. The zero-order chi connectivity index (χ0) is 19.1. The van der Waals surface area contributed by atoms with Crippen molar-refractivity contribution in [2.45, 2.75) is 43.9 Å². The van der Waals surface area contributed by atoms with Crippen LogP contribution < -0.4 is 10.1 Å². The van der Waals surface area contributed by atoms with Crippen molar-refractivity contribution in [2.24, 2.45) is 10.9 Å². The second kappa shape index (κ2) is 11.2. The molecule has 1 aliphatic carbocycles. The molecule has 158 valence electrons. The third-order valence-electron chi connectivity index (χ3n) is 6.23. The number of hydrogen-bond donors (Lipinski definition) is 1. The van der Waals surface area contributed by atoms with Gasteiger partial charge in [-0.1, -0.05) is 31.4 Å². The van der Waals surface area contributed by atoms with E-state index in [1.54, 1.807) is 7.11 Å². The van der Waals surface area contributed by atoms with Crippen LogP contribution in [0.25, 0.3) is 0 Å². The van der Waals surface area contributed by atoms with E-state index in [4.69, 9.17) is 9.47 Å². The quantitative estimate of drug-likeness (QED) is 0.363. The summed E-state index contributed by atoms with van der Waals surface area (Å²) in [7, 11) is 5.74. The van der Waals surface area contributed by atoms with Crippen LogP contribution in [-0.4, -0.2) is 58.4 Å². The Bertz CT molecular complexity index is 609. The minimum atomic E-state index is 0. The highest BCUT2D eigenvalue weighted by atomic mass is 127. The second-order valence-corrected chi connectivity index (χ2v) is 8.08. The number of guanidine groups is 1. The Labute approximate surface area is 187 Å². The summed E-state index contributed by atoms with van der Waals surface area (Å²) in [6.07, 6.45) is 7.53. The molecule has 2 aliphatic rings. The average molecular weight is 501 g/mol. The molecule has 0 radical (unpaired) electrons. The van der Waals surface area contributed by atoms with E-state index in [0.29, 0.717) is 5.92 Å². The molecular weight excluding hydrogens is 465 g/mol. The Hall–Kier alpha value is -1.02. The Morgan fingerprint density at radius 2 is 1.96 bits per heavy atom. The van der Waals surface area contributed by atoms with Crippen molar-refractivity contribution in [1.29, 1.82) is 0 Å². The van der Waals surface area contributed by atoms with E-state index in [2.05, 4.69) is 46.5 Å². The lowest BCUT2D eigenvalue weighted by Crippen LogP contribution is -2.48. The molecule has 0 bridgehead atoms. The average Bonchev–Trinajstić information content (AvgIpc) is 3.22. The molecular formula is C22H36IN3O2.